The predicted molar refractivity (Wildman–Crippen MR) is 147 cm³/mol. The number of imidazole rings is 1. The van der Waals surface area contributed by atoms with Crippen molar-refractivity contribution in [1.82, 2.24) is 19.6 Å². The molecule has 5 heterocycles. The number of carboxylic acids is 1. The maximum atomic E-state index is 13.1. The number of hydrogen-bond donors (Lipinski definition) is 4. The second-order valence-electron chi connectivity index (χ2n) is 8.47. The van der Waals surface area contributed by atoms with Crippen molar-refractivity contribution < 1.29 is 28.9 Å². The van der Waals surface area contributed by atoms with Crippen LogP contribution in [0.1, 0.15) is 5.69 Å². The fourth-order valence-corrected chi connectivity index (χ4v) is 7.10. The van der Waals surface area contributed by atoms with Crippen molar-refractivity contribution in [3.63, 3.8) is 0 Å². The van der Waals surface area contributed by atoms with E-state index in [1.807, 2.05) is 39.6 Å². The number of oxime groups is 1. The van der Waals surface area contributed by atoms with Gasteiger partial charge in [-0.2, -0.15) is 4.40 Å². The number of thiazole rings is 1. The molecule has 1 fully saturated rings. The third-order valence-corrected chi connectivity index (χ3v) is 9.17. The number of aliphatic carboxylic acids is 1. The number of aromatic nitrogens is 3. The van der Waals surface area contributed by atoms with E-state index in [2.05, 4.69) is 15.5 Å². The SMILES string of the molecule is CO/N=C(\C(=O)N[C@@H]1C(=O)N2C(C(=O)O)=C(C[n+]3ccn4c(SCCN)cccc43)CS[C@@H]12)c1csc(N)n1. The van der Waals surface area contributed by atoms with Crippen molar-refractivity contribution in [2.75, 3.05) is 30.9 Å². The van der Waals surface area contributed by atoms with Gasteiger partial charge in [0.15, 0.2) is 15.9 Å². The molecule has 39 heavy (non-hydrogen) atoms. The van der Waals surface area contributed by atoms with Gasteiger partial charge in [0.2, 0.25) is 0 Å². The fraction of sp³-hybridized carbons (Fsp3) is 0.304. The zero-order valence-electron chi connectivity index (χ0n) is 20.6. The number of amides is 2. The van der Waals surface area contributed by atoms with Gasteiger partial charge in [0, 0.05) is 35.1 Å². The van der Waals surface area contributed by atoms with Crippen LogP contribution in [0.4, 0.5) is 5.13 Å². The largest absolute Gasteiger partial charge is 0.477 e. The molecule has 0 aromatic carbocycles. The Balaban J connectivity index is 1.36. The lowest BCUT2D eigenvalue weighted by Crippen LogP contribution is -2.71. The molecule has 2 aliphatic heterocycles. The lowest BCUT2D eigenvalue weighted by molar-refractivity contribution is -0.662. The summed E-state index contributed by atoms with van der Waals surface area (Å²) in [6.07, 6.45) is 3.80. The molecule has 0 saturated carbocycles. The average molecular weight is 590 g/mol. The molecule has 2 aliphatic rings. The molecular formula is C23H25N8O5S3+. The van der Waals surface area contributed by atoms with Crippen LogP contribution in [0.2, 0.25) is 0 Å². The van der Waals surface area contributed by atoms with Crippen LogP contribution < -0.4 is 21.4 Å². The first-order valence-electron chi connectivity index (χ1n) is 11.7. The van der Waals surface area contributed by atoms with Crippen LogP contribution >= 0.6 is 34.9 Å². The number of carbonyl (C=O) groups excluding carboxylic acids is 2. The topological polar surface area (TPSA) is 182 Å². The number of nitrogens with zero attached hydrogens (tertiary/aromatic N) is 5. The highest BCUT2D eigenvalue weighted by molar-refractivity contribution is 8.00. The molecule has 0 radical (unpaired) electrons. The van der Waals surface area contributed by atoms with E-state index in [1.165, 1.54) is 23.8 Å². The first kappa shape index (κ1) is 27.0. The van der Waals surface area contributed by atoms with Crippen molar-refractivity contribution >= 4 is 69.1 Å². The van der Waals surface area contributed by atoms with Gasteiger partial charge in [-0.15, -0.1) is 23.1 Å². The molecule has 2 atom stereocenters. The Kier molecular flexibility index (Phi) is 7.79. The van der Waals surface area contributed by atoms with E-state index in [1.54, 1.807) is 17.1 Å². The highest BCUT2D eigenvalue weighted by atomic mass is 32.2. The van der Waals surface area contributed by atoms with Crippen molar-refractivity contribution in [2.45, 2.75) is 23.0 Å². The third-order valence-electron chi connectivity index (χ3n) is 6.09. The van der Waals surface area contributed by atoms with Gasteiger partial charge in [-0.3, -0.25) is 14.5 Å². The number of hydrogen-bond acceptors (Lipinski definition) is 11. The van der Waals surface area contributed by atoms with Crippen LogP contribution in [0.15, 0.2) is 57.4 Å². The monoisotopic (exact) mass is 589 g/mol. The Bertz CT molecular complexity index is 1520. The van der Waals surface area contributed by atoms with Crippen LogP contribution in [0.5, 0.6) is 0 Å². The predicted octanol–water partition coefficient (Wildman–Crippen LogP) is 0.106. The highest BCUT2D eigenvalue weighted by Gasteiger charge is 2.54. The number of thioether (sulfide) groups is 2. The van der Waals surface area contributed by atoms with Crippen molar-refractivity contribution in [3.05, 3.63) is 52.9 Å². The molecule has 6 N–H and O–H groups in total. The number of nitrogens with two attached hydrogens (primary N) is 2. The molecule has 2 amide bonds. The van der Waals surface area contributed by atoms with Gasteiger partial charge in [-0.05, 0) is 12.1 Å². The Morgan fingerprint density at radius 3 is 2.92 bits per heavy atom. The number of β-lactam (4-membered cyclic amide) rings is 1. The highest BCUT2D eigenvalue weighted by Crippen LogP contribution is 2.40. The number of pyridine rings is 1. The quantitative estimate of drug-likeness (QED) is 0.0833. The smallest absolute Gasteiger partial charge is 0.352 e. The Morgan fingerprint density at radius 1 is 1.41 bits per heavy atom. The Hall–Kier alpha value is -3.60. The van der Waals surface area contributed by atoms with Gasteiger partial charge >= 0.3 is 5.97 Å². The summed E-state index contributed by atoms with van der Waals surface area (Å²) in [5.41, 5.74) is 12.8. The van der Waals surface area contributed by atoms with Crippen molar-refractivity contribution in [1.29, 1.82) is 0 Å². The van der Waals surface area contributed by atoms with Crippen LogP contribution in [0.25, 0.3) is 5.65 Å². The van der Waals surface area contributed by atoms with Gasteiger partial charge in [0.1, 0.15) is 48.9 Å². The second kappa shape index (κ2) is 11.3. The van der Waals surface area contributed by atoms with Gasteiger partial charge < -0.3 is 26.7 Å². The van der Waals surface area contributed by atoms with E-state index < -0.39 is 29.2 Å². The molecular weight excluding hydrogens is 565 g/mol. The number of rotatable bonds is 10. The van der Waals surface area contributed by atoms with Crippen molar-refractivity contribution in [3.8, 4) is 0 Å². The molecule has 0 spiro atoms. The molecule has 3 aromatic heterocycles. The number of nitrogen functional groups attached to an aromatic ring is 1. The van der Waals surface area contributed by atoms with E-state index in [-0.39, 0.29) is 22.2 Å². The summed E-state index contributed by atoms with van der Waals surface area (Å²) in [4.78, 5) is 48.5. The minimum Gasteiger partial charge on any atom is -0.477 e. The van der Waals surface area contributed by atoms with Gasteiger partial charge in [0.25, 0.3) is 17.5 Å². The summed E-state index contributed by atoms with van der Waals surface area (Å²) >= 11 is 4.16. The Morgan fingerprint density at radius 2 is 2.23 bits per heavy atom. The minimum atomic E-state index is -1.20. The number of anilines is 1. The van der Waals surface area contributed by atoms with Crippen LogP contribution in [-0.2, 0) is 25.8 Å². The van der Waals surface area contributed by atoms with Crippen molar-refractivity contribution in [2.24, 2.45) is 10.9 Å². The van der Waals surface area contributed by atoms with E-state index in [0.29, 0.717) is 24.4 Å². The zero-order valence-corrected chi connectivity index (χ0v) is 23.1. The average Bonchev–Trinajstić information content (AvgIpc) is 3.54. The van der Waals surface area contributed by atoms with Crippen LogP contribution in [0, 0.1) is 0 Å². The maximum absolute atomic E-state index is 13.1. The molecule has 204 valence electrons. The number of nitrogens with one attached hydrogen (secondary N) is 1. The normalized spacial score (nSPS) is 19.2. The number of carbonyl (C=O) groups is 3. The summed E-state index contributed by atoms with van der Waals surface area (Å²) in [5, 5.41) is 18.7. The summed E-state index contributed by atoms with van der Waals surface area (Å²) in [7, 11) is 1.29. The van der Waals surface area contributed by atoms with Gasteiger partial charge in [-0.1, -0.05) is 16.9 Å². The number of fused-ring (bicyclic) bond motifs is 2. The molecule has 3 aromatic rings. The minimum absolute atomic E-state index is 0.0622. The summed E-state index contributed by atoms with van der Waals surface area (Å²) in [6, 6.07) is 4.96. The lowest BCUT2D eigenvalue weighted by Gasteiger charge is -2.49. The summed E-state index contributed by atoms with van der Waals surface area (Å²) in [5.74, 6) is -1.24. The van der Waals surface area contributed by atoms with Crippen LogP contribution in [0.3, 0.4) is 0 Å². The summed E-state index contributed by atoms with van der Waals surface area (Å²) < 4.78 is 3.97. The molecule has 0 aliphatic carbocycles. The standard InChI is InChI=1S/C23H24N8O5S3/c1-36-28-16(13-11-39-23(25)26-13)19(32)27-17-20(33)31-18(22(34)35)12(10-38-21(17)31)9-29-6-7-30-14(29)3-2-4-15(30)37-8-5-24/h2-4,6-7,11,17,21H,5,8-10,24H2,1H3,(H3-,25,26,27,32,34,35)/p+1/b28-16-/t17-,21+/m1/s1. The molecule has 1 saturated heterocycles. The first-order chi connectivity index (χ1) is 18.8. The van der Waals surface area contributed by atoms with Gasteiger partial charge in [0.05, 0.1) is 0 Å². The second-order valence-corrected chi connectivity index (χ2v) is 11.6. The van der Waals surface area contributed by atoms with E-state index in [0.717, 1.165) is 27.8 Å². The number of carboxylic acid groups (broad SMARTS) is 1. The van der Waals surface area contributed by atoms with E-state index in [4.69, 9.17) is 16.3 Å². The van der Waals surface area contributed by atoms with E-state index >= 15 is 0 Å². The van der Waals surface area contributed by atoms with Gasteiger partial charge in [-0.25, -0.2) is 14.3 Å². The first-order valence-corrected chi connectivity index (χ1v) is 14.6. The fourth-order valence-electron chi connectivity index (χ4n) is 4.42. The Labute approximate surface area is 234 Å². The third kappa shape index (κ3) is 5.07. The molecule has 5 rings (SSSR count). The molecule has 13 nitrogen and oxygen atoms in total. The lowest BCUT2D eigenvalue weighted by atomic mass is 10.0. The zero-order chi connectivity index (χ0) is 27.7. The molecule has 0 bridgehead atoms. The van der Waals surface area contributed by atoms with E-state index in [9.17, 15) is 19.5 Å². The summed E-state index contributed by atoms with van der Waals surface area (Å²) in [6.45, 7) is 0.848. The maximum Gasteiger partial charge on any atom is 0.352 e. The molecule has 0 unspecified atom stereocenters. The molecule has 16 heteroatoms. The van der Waals surface area contributed by atoms with Crippen LogP contribution in [-0.4, -0.2) is 79.5 Å².